The maximum absolute atomic E-state index is 12.2. The number of carbonyl (C=O) groups excluding carboxylic acids is 4. The minimum atomic E-state index is -0.530. The van der Waals surface area contributed by atoms with E-state index in [1.54, 1.807) is 36.4 Å². The molecule has 0 fully saturated rings. The fourth-order valence-electron chi connectivity index (χ4n) is 3.27. The molecule has 2 amide bonds. The summed E-state index contributed by atoms with van der Waals surface area (Å²) in [5, 5.41) is 0. The quantitative estimate of drug-likeness (QED) is 0.370. The van der Waals surface area contributed by atoms with E-state index in [2.05, 4.69) is 6.92 Å². The first-order valence-corrected chi connectivity index (χ1v) is 9.74. The number of benzene rings is 2. The Bertz CT molecular complexity index is 898. The normalized spacial score (nSPS) is 12.8. The Kier molecular flexibility index (Phi) is 6.54. The number of hydrogen-bond acceptors (Lipinski definition) is 5. The summed E-state index contributed by atoms with van der Waals surface area (Å²) in [6.45, 7) is 1.99. The maximum Gasteiger partial charge on any atom is 0.306 e. The van der Waals surface area contributed by atoms with Crippen LogP contribution in [-0.2, 0) is 16.0 Å². The zero-order valence-electron chi connectivity index (χ0n) is 16.3. The van der Waals surface area contributed by atoms with Crippen molar-refractivity contribution in [2.45, 2.75) is 32.6 Å². The number of rotatable bonds is 9. The Morgan fingerprint density at radius 3 is 2.10 bits per heavy atom. The first kappa shape index (κ1) is 20.5. The minimum absolute atomic E-state index is 0.00900. The fourth-order valence-corrected chi connectivity index (χ4v) is 3.27. The molecule has 0 N–H and O–H groups in total. The highest BCUT2D eigenvalue weighted by atomic mass is 16.5. The average Bonchev–Trinajstić information content (AvgIpc) is 2.98. The van der Waals surface area contributed by atoms with Gasteiger partial charge in [-0.15, -0.1) is 0 Å². The number of ether oxygens (including phenoxy) is 1. The van der Waals surface area contributed by atoms with Crippen LogP contribution in [-0.4, -0.2) is 41.6 Å². The number of Topliss-reactive ketones (excluding diaryl/α,β-unsaturated/α-hetero) is 1. The van der Waals surface area contributed by atoms with Crippen LogP contribution in [0.15, 0.2) is 48.5 Å². The van der Waals surface area contributed by atoms with Crippen LogP contribution in [0.2, 0.25) is 0 Å². The molecule has 0 saturated heterocycles. The largest absolute Gasteiger partial charge is 0.464 e. The van der Waals surface area contributed by atoms with Crippen LogP contribution in [0.1, 0.15) is 62.8 Å². The van der Waals surface area contributed by atoms with Crippen molar-refractivity contribution in [3.8, 4) is 0 Å². The van der Waals surface area contributed by atoms with Crippen molar-refractivity contribution in [3.05, 3.63) is 70.8 Å². The van der Waals surface area contributed by atoms with E-state index < -0.39 is 5.97 Å². The van der Waals surface area contributed by atoms with Gasteiger partial charge in [0, 0.05) is 12.0 Å². The number of nitrogens with zero attached hydrogens (tertiary/aromatic N) is 1. The Hall–Kier alpha value is -3.28. The van der Waals surface area contributed by atoms with Gasteiger partial charge in [0.1, 0.15) is 6.61 Å². The van der Waals surface area contributed by atoms with Crippen molar-refractivity contribution in [1.29, 1.82) is 0 Å². The summed E-state index contributed by atoms with van der Waals surface area (Å²) >= 11 is 0. The summed E-state index contributed by atoms with van der Waals surface area (Å²) in [5.41, 5.74) is 2.47. The Morgan fingerprint density at radius 1 is 0.897 bits per heavy atom. The van der Waals surface area contributed by atoms with Crippen LogP contribution >= 0.6 is 0 Å². The van der Waals surface area contributed by atoms with Crippen molar-refractivity contribution in [3.63, 3.8) is 0 Å². The van der Waals surface area contributed by atoms with Gasteiger partial charge in [0.05, 0.1) is 24.1 Å². The van der Waals surface area contributed by atoms with Gasteiger partial charge in [0.25, 0.3) is 11.8 Å². The molecule has 1 aliphatic rings. The van der Waals surface area contributed by atoms with Crippen LogP contribution in [0.4, 0.5) is 0 Å². The van der Waals surface area contributed by atoms with Gasteiger partial charge in [-0.2, -0.15) is 0 Å². The molecule has 0 atom stereocenters. The second-order valence-electron chi connectivity index (χ2n) is 6.90. The van der Waals surface area contributed by atoms with Crippen LogP contribution < -0.4 is 0 Å². The minimum Gasteiger partial charge on any atom is -0.464 e. The van der Waals surface area contributed by atoms with E-state index in [0.717, 1.165) is 17.7 Å². The number of carbonyl (C=O) groups is 4. The summed E-state index contributed by atoms with van der Waals surface area (Å²) in [6, 6.07) is 14.0. The summed E-state index contributed by atoms with van der Waals surface area (Å²) in [7, 11) is 0. The summed E-state index contributed by atoms with van der Waals surface area (Å²) in [4.78, 5) is 49.7. The zero-order valence-corrected chi connectivity index (χ0v) is 16.3. The smallest absolute Gasteiger partial charge is 0.306 e. The highest BCUT2D eigenvalue weighted by Gasteiger charge is 2.34. The van der Waals surface area contributed by atoms with Gasteiger partial charge in [0.2, 0.25) is 0 Å². The summed E-state index contributed by atoms with van der Waals surface area (Å²) in [5.74, 6) is -1.42. The monoisotopic (exact) mass is 393 g/mol. The summed E-state index contributed by atoms with van der Waals surface area (Å²) < 4.78 is 5.10. The second kappa shape index (κ2) is 9.28. The second-order valence-corrected chi connectivity index (χ2v) is 6.90. The van der Waals surface area contributed by atoms with Crippen LogP contribution in [0, 0.1) is 0 Å². The number of imide groups is 1. The lowest BCUT2D eigenvalue weighted by Gasteiger charge is -2.13. The summed E-state index contributed by atoms with van der Waals surface area (Å²) in [6.07, 6.45) is 2.02. The van der Waals surface area contributed by atoms with Crippen molar-refractivity contribution in [2.24, 2.45) is 0 Å². The molecule has 6 heteroatoms. The molecule has 0 unspecified atom stereocenters. The molecule has 0 aliphatic carbocycles. The number of ketones is 1. The zero-order chi connectivity index (χ0) is 20.8. The first-order chi connectivity index (χ1) is 14.0. The molecule has 6 nitrogen and oxygen atoms in total. The van der Waals surface area contributed by atoms with Gasteiger partial charge < -0.3 is 4.74 Å². The third-order valence-electron chi connectivity index (χ3n) is 4.83. The third-order valence-corrected chi connectivity index (χ3v) is 4.83. The molecular formula is C23H23NO5. The number of aryl methyl sites for hydroxylation is 1. The molecule has 150 valence electrons. The molecule has 0 radical (unpaired) electrons. The molecule has 0 saturated carbocycles. The van der Waals surface area contributed by atoms with E-state index in [4.69, 9.17) is 4.74 Å². The Labute approximate surface area is 169 Å². The van der Waals surface area contributed by atoms with Crippen LogP contribution in [0.25, 0.3) is 0 Å². The van der Waals surface area contributed by atoms with E-state index in [-0.39, 0.29) is 43.6 Å². The lowest BCUT2D eigenvalue weighted by molar-refractivity contribution is -0.143. The number of fused-ring (bicyclic) bond motifs is 1. The number of esters is 1. The predicted octanol–water partition coefficient (Wildman–Crippen LogP) is 3.44. The molecule has 3 rings (SSSR count). The highest BCUT2D eigenvalue weighted by Crippen LogP contribution is 2.22. The average molecular weight is 393 g/mol. The standard InChI is InChI=1S/C23H23NO5/c1-2-5-16-8-10-17(11-9-16)20(25)12-13-21(26)29-15-14-24-22(27)18-6-3-4-7-19(18)23(24)28/h3-4,6-11H,2,5,12-15H2,1H3. The van der Waals surface area contributed by atoms with E-state index in [0.29, 0.717) is 16.7 Å². The fraction of sp³-hybridized carbons (Fsp3) is 0.304. The molecule has 2 aromatic rings. The van der Waals surface area contributed by atoms with Gasteiger partial charge in [-0.05, 0) is 24.1 Å². The third kappa shape index (κ3) is 4.77. The molecular weight excluding hydrogens is 370 g/mol. The lowest BCUT2D eigenvalue weighted by atomic mass is 10.0. The number of amides is 2. The van der Waals surface area contributed by atoms with Crippen molar-refractivity contribution in [2.75, 3.05) is 13.2 Å². The van der Waals surface area contributed by atoms with Gasteiger partial charge in [-0.1, -0.05) is 49.7 Å². The topological polar surface area (TPSA) is 80.8 Å². The van der Waals surface area contributed by atoms with Crippen LogP contribution in [0.5, 0.6) is 0 Å². The molecule has 0 bridgehead atoms. The van der Waals surface area contributed by atoms with Crippen molar-refractivity contribution < 1.29 is 23.9 Å². The molecule has 2 aromatic carbocycles. The highest BCUT2D eigenvalue weighted by molar-refractivity contribution is 6.21. The number of hydrogen-bond donors (Lipinski definition) is 0. The maximum atomic E-state index is 12.2. The van der Waals surface area contributed by atoms with Crippen LogP contribution in [0.3, 0.4) is 0 Å². The SMILES string of the molecule is CCCc1ccc(C(=O)CCC(=O)OCCN2C(=O)c3ccccc3C2=O)cc1. The molecule has 29 heavy (non-hydrogen) atoms. The van der Waals surface area contributed by atoms with E-state index in [1.165, 1.54) is 5.56 Å². The molecule has 0 spiro atoms. The first-order valence-electron chi connectivity index (χ1n) is 9.74. The van der Waals surface area contributed by atoms with Gasteiger partial charge in [-0.3, -0.25) is 24.1 Å². The Morgan fingerprint density at radius 2 is 1.52 bits per heavy atom. The van der Waals surface area contributed by atoms with E-state index in [9.17, 15) is 19.2 Å². The predicted molar refractivity (Wildman–Crippen MR) is 107 cm³/mol. The Balaban J connectivity index is 1.42. The molecule has 0 aromatic heterocycles. The van der Waals surface area contributed by atoms with E-state index >= 15 is 0 Å². The van der Waals surface area contributed by atoms with Gasteiger partial charge in [0.15, 0.2) is 5.78 Å². The van der Waals surface area contributed by atoms with E-state index in [1.807, 2.05) is 12.1 Å². The molecule has 1 aliphatic heterocycles. The van der Waals surface area contributed by atoms with Crippen molar-refractivity contribution >= 4 is 23.6 Å². The lowest BCUT2D eigenvalue weighted by Crippen LogP contribution is -2.33. The van der Waals surface area contributed by atoms with Crippen molar-refractivity contribution in [1.82, 2.24) is 4.90 Å². The van der Waals surface area contributed by atoms with Gasteiger partial charge in [-0.25, -0.2) is 0 Å². The molecule has 1 heterocycles. The van der Waals surface area contributed by atoms with Gasteiger partial charge >= 0.3 is 5.97 Å².